The normalized spacial score (nSPS) is 19.9. The number of alkyl halides is 3. The number of esters is 1. The van der Waals surface area contributed by atoms with Crippen molar-refractivity contribution in [1.82, 2.24) is 4.90 Å². The molecule has 2 rings (SSSR count). The SMILES string of the molecule is CCOC(=O)C1=C(C)N(C)C(=O)C1(c1cc(OC)c(O)c(OC)c1)C(F)(F)F. The number of carbonyl (C=O) groups is 2. The molecule has 0 saturated heterocycles. The molecule has 1 N–H and O–H groups in total. The van der Waals surface area contributed by atoms with E-state index < -0.39 is 40.4 Å². The molecule has 0 bridgehead atoms. The Labute approximate surface area is 159 Å². The first-order chi connectivity index (χ1) is 13.0. The van der Waals surface area contributed by atoms with E-state index in [1.165, 1.54) is 13.8 Å². The van der Waals surface area contributed by atoms with Crippen LogP contribution in [-0.2, 0) is 19.7 Å². The number of amides is 1. The molecular weight excluding hydrogens is 383 g/mol. The van der Waals surface area contributed by atoms with Gasteiger partial charge in [-0.1, -0.05) is 0 Å². The summed E-state index contributed by atoms with van der Waals surface area (Å²) in [5.74, 6) is -3.87. The number of ether oxygens (including phenoxy) is 3. The van der Waals surface area contributed by atoms with Gasteiger partial charge in [0, 0.05) is 12.7 Å². The highest BCUT2D eigenvalue weighted by Gasteiger charge is 2.70. The van der Waals surface area contributed by atoms with Crippen molar-refractivity contribution in [1.29, 1.82) is 0 Å². The number of hydrogen-bond acceptors (Lipinski definition) is 6. The van der Waals surface area contributed by atoms with E-state index in [4.69, 9.17) is 14.2 Å². The first kappa shape index (κ1) is 21.4. The maximum atomic E-state index is 14.5. The number of phenols is 1. The summed E-state index contributed by atoms with van der Waals surface area (Å²) in [6.45, 7) is 2.49. The molecule has 0 spiro atoms. The van der Waals surface area contributed by atoms with Crippen LogP contribution in [-0.4, -0.2) is 55.9 Å². The molecule has 1 aromatic carbocycles. The van der Waals surface area contributed by atoms with E-state index in [1.807, 2.05) is 0 Å². The van der Waals surface area contributed by atoms with Crippen molar-refractivity contribution in [2.75, 3.05) is 27.9 Å². The third kappa shape index (κ3) is 2.83. The highest BCUT2D eigenvalue weighted by molar-refractivity contribution is 6.09. The fraction of sp³-hybridized carbons (Fsp3) is 0.444. The number of likely N-dealkylation sites (N-methyl/N-ethyl adjacent to an activating group) is 1. The topological polar surface area (TPSA) is 85.3 Å². The van der Waals surface area contributed by atoms with Gasteiger partial charge in [0.25, 0.3) is 5.91 Å². The van der Waals surface area contributed by atoms with E-state index in [0.717, 1.165) is 38.3 Å². The lowest BCUT2D eigenvalue weighted by molar-refractivity contribution is -0.190. The molecule has 1 amide bonds. The fourth-order valence-electron chi connectivity index (χ4n) is 3.26. The molecule has 0 aliphatic carbocycles. The van der Waals surface area contributed by atoms with Gasteiger partial charge in [-0.2, -0.15) is 13.2 Å². The van der Waals surface area contributed by atoms with Crippen LogP contribution in [0.25, 0.3) is 0 Å². The van der Waals surface area contributed by atoms with E-state index in [0.29, 0.717) is 0 Å². The van der Waals surface area contributed by atoms with Crippen LogP contribution in [0, 0.1) is 0 Å². The van der Waals surface area contributed by atoms with Crippen LogP contribution >= 0.6 is 0 Å². The Bertz CT molecular complexity index is 823. The molecule has 0 saturated carbocycles. The summed E-state index contributed by atoms with van der Waals surface area (Å²) in [4.78, 5) is 26.1. The minimum absolute atomic E-state index is 0.177. The Hall–Kier alpha value is -2.91. The van der Waals surface area contributed by atoms with Gasteiger partial charge in [-0.15, -0.1) is 0 Å². The maximum Gasteiger partial charge on any atom is 0.411 e. The van der Waals surface area contributed by atoms with Crippen molar-refractivity contribution in [3.8, 4) is 17.2 Å². The molecule has 1 atom stereocenters. The summed E-state index contributed by atoms with van der Waals surface area (Å²) in [5, 5.41) is 10.0. The average molecular weight is 403 g/mol. The number of hydrogen-bond donors (Lipinski definition) is 1. The zero-order chi connectivity index (χ0) is 21.4. The molecule has 0 aromatic heterocycles. The van der Waals surface area contributed by atoms with Crippen LogP contribution < -0.4 is 9.47 Å². The summed E-state index contributed by atoms with van der Waals surface area (Å²) >= 11 is 0. The summed E-state index contributed by atoms with van der Waals surface area (Å²) in [6, 6.07) is 1.71. The second-order valence-electron chi connectivity index (χ2n) is 6.02. The third-order valence-corrected chi connectivity index (χ3v) is 4.68. The van der Waals surface area contributed by atoms with E-state index in [2.05, 4.69) is 0 Å². The Morgan fingerprint density at radius 2 is 1.71 bits per heavy atom. The minimum Gasteiger partial charge on any atom is -0.502 e. The van der Waals surface area contributed by atoms with Crippen molar-refractivity contribution in [2.24, 2.45) is 0 Å². The number of benzene rings is 1. The van der Waals surface area contributed by atoms with Gasteiger partial charge in [0.1, 0.15) is 0 Å². The standard InChI is InChI=1S/C18H20F3NO6/c1-6-28-15(24)13-9(2)22(3)16(25)17(13,18(19,20)21)10-7-11(26-4)14(23)12(8-10)27-5/h7-8,23H,6H2,1-5H3. The third-order valence-electron chi connectivity index (χ3n) is 4.68. The molecule has 1 aromatic rings. The van der Waals surface area contributed by atoms with Crippen LogP contribution in [0.2, 0.25) is 0 Å². The highest BCUT2D eigenvalue weighted by Crippen LogP contribution is 2.55. The molecule has 10 heteroatoms. The van der Waals surface area contributed by atoms with Crippen molar-refractivity contribution < 1.29 is 42.1 Å². The second kappa shape index (κ2) is 7.25. The molecule has 28 heavy (non-hydrogen) atoms. The number of phenolic OH excluding ortho intramolecular Hbond substituents is 1. The fourth-order valence-corrected chi connectivity index (χ4v) is 3.26. The number of carbonyl (C=O) groups excluding carboxylic acids is 2. The minimum atomic E-state index is -5.20. The van der Waals surface area contributed by atoms with E-state index in [9.17, 15) is 27.9 Å². The van der Waals surface area contributed by atoms with Crippen LogP contribution in [0.15, 0.2) is 23.4 Å². The molecule has 1 aliphatic heterocycles. The van der Waals surface area contributed by atoms with Gasteiger partial charge in [-0.3, -0.25) is 4.79 Å². The number of rotatable bonds is 5. The Kier molecular flexibility index (Phi) is 5.54. The van der Waals surface area contributed by atoms with Crippen molar-refractivity contribution in [3.63, 3.8) is 0 Å². The summed E-state index contributed by atoms with van der Waals surface area (Å²) in [5.41, 5.74) is -5.01. The van der Waals surface area contributed by atoms with Crippen molar-refractivity contribution in [3.05, 3.63) is 29.0 Å². The van der Waals surface area contributed by atoms with Crippen molar-refractivity contribution in [2.45, 2.75) is 25.4 Å². The van der Waals surface area contributed by atoms with Crippen LogP contribution in [0.3, 0.4) is 0 Å². The van der Waals surface area contributed by atoms with Gasteiger partial charge in [0.2, 0.25) is 11.2 Å². The largest absolute Gasteiger partial charge is 0.502 e. The number of aromatic hydroxyl groups is 1. The monoisotopic (exact) mass is 403 g/mol. The molecular formula is C18H20F3NO6. The number of methoxy groups -OCH3 is 2. The van der Waals surface area contributed by atoms with Crippen LogP contribution in [0.5, 0.6) is 17.2 Å². The molecule has 0 fully saturated rings. The molecule has 154 valence electrons. The predicted octanol–water partition coefficient (Wildman–Crippen LogP) is 2.52. The summed E-state index contributed by atoms with van der Waals surface area (Å²) in [7, 11) is 3.40. The zero-order valence-electron chi connectivity index (χ0n) is 15.9. The molecule has 7 nitrogen and oxygen atoms in total. The van der Waals surface area contributed by atoms with Crippen molar-refractivity contribution >= 4 is 11.9 Å². The van der Waals surface area contributed by atoms with Gasteiger partial charge in [-0.05, 0) is 31.5 Å². The van der Waals surface area contributed by atoms with Gasteiger partial charge in [-0.25, -0.2) is 4.79 Å². The zero-order valence-corrected chi connectivity index (χ0v) is 15.9. The van der Waals surface area contributed by atoms with Crippen LogP contribution in [0.4, 0.5) is 13.2 Å². The lowest BCUT2D eigenvalue weighted by Crippen LogP contribution is -2.52. The van der Waals surface area contributed by atoms with E-state index in [1.54, 1.807) is 0 Å². The van der Waals surface area contributed by atoms with Gasteiger partial charge < -0.3 is 24.2 Å². The highest BCUT2D eigenvalue weighted by atomic mass is 19.4. The number of halogens is 3. The lowest BCUT2D eigenvalue weighted by atomic mass is 9.73. The van der Waals surface area contributed by atoms with E-state index >= 15 is 0 Å². The summed E-state index contributed by atoms with van der Waals surface area (Å²) in [6.07, 6.45) is -5.20. The summed E-state index contributed by atoms with van der Waals surface area (Å²) < 4.78 is 58.1. The predicted molar refractivity (Wildman–Crippen MR) is 91.0 cm³/mol. The smallest absolute Gasteiger partial charge is 0.411 e. The second-order valence-corrected chi connectivity index (χ2v) is 6.02. The Balaban J connectivity index is 2.97. The van der Waals surface area contributed by atoms with Gasteiger partial charge in [0.05, 0.1) is 26.4 Å². The molecule has 1 unspecified atom stereocenters. The average Bonchev–Trinajstić information content (AvgIpc) is 2.83. The quantitative estimate of drug-likeness (QED) is 0.761. The number of allylic oxidation sites excluding steroid dienone is 1. The number of nitrogens with zero attached hydrogens (tertiary/aromatic N) is 1. The van der Waals surface area contributed by atoms with Gasteiger partial charge in [0.15, 0.2) is 11.5 Å². The molecule has 0 radical (unpaired) electrons. The molecule has 1 heterocycles. The van der Waals surface area contributed by atoms with Crippen LogP contribution in [0.1, 0.15) is 19.4 Å². The maximum absolute atomic E-state index is 14.5. The van der Waals surface area contributed by atoms with Gasteiger partial charge >= 0.3 is 12.1 Å². The Morgan fingerprint density at radius 3 is 2.11 bits per heavy atom. The first-order valence-corrected chi connectivity index (χ1v) is 8.17. The first-order valence-electron chi connectivity index (χ1n) is 8.17. The Morgan fingerprint density at radius 1 is 1.21 bits per heavy atom. The van der Waals surface area contributed by atoms with E-state index in [-0.39, 0.29) is 23.8 Å². The molecule has 1 aliphatic rings. The lowest BCUT2D eigenvalue weighted by Gasteiger charge is -2.32.